The zero-order chi connectivity index (χ0) is 17.4. The van der Waals surface area contributed by atoms with E-state index in [9.17, 15) is 10.1 Å². The first kappa shape index (κ1) is 18.1. The van der Waals surface area contributed by atoms with E-state index in [4.69, 9.17) is 13.9 Å². The summed E-state index contributed by atoms with van der Waals surface area (Å²) in [7, 11) is -1.65. The highest BCUT2D eigenvalue weighted by Crippen LogP contribution is 2.41. The van der Waals surface area contributed by atoms with Gasteiger partial charge in [0.2, 0.25) is 0 Å². The summed E-state index contributed by atoms with van der Waals surface area (Å²) >= 11 is 0. The Kier molecular flexibility index (Phi) is 5.17. The van der Waals surface area contributed by atoms with E-state index in [1.165, 1.54) is 0 Å². The van der Waals surface area contributed by atoms with Crippen molar-refractivity contribution in [2.45, 2.75) is 101 Å². The quantitative estimate of drug-likeness (QED) is 0.714. The van der Waals surface area contributed by atoms with E-state index in [1.54, 1.807) is 0 Å². The van der Waals surface area contributed by atoms with Gasteiger partial charge in [0.05, 0.1) is 30.5 Å². The number of Topliss-reactive ketones (excluding diaryl/α,β-unsaturated/α-hetero) is 1. The summed E-state index contributed by atoms with van der Waals surface area (Å²) in [5.41, 5.74) is -0.547. The highest BCUT2D eigenvalue weighted by atomic mass is 28.4. The number of hydrogen-bond acceptors (Lipinski definition) is 5. The molecule has 4 unspecified atom stereocenters. The normalized spacial score (nSPS) is 40.7. The van der Waals surface area contributed by atoms with Crippen molar-refractivity contribution in [3.05, 3.63) is 0 Å². The Morgan fingerprint density at radius 3 is 1.92 bits per heavy atom. The Bertz CT molecular complexity index is 498. The summed E-state index contributed by atoms with van der Waals surface area (Å²) in [6, 6.07) is 2.41. The van der Waals surface area contributed by atoms with E-state index in [0.717, 1.165) is 38.5 Å². The predicted octanol–water partition coefficient (Wildman–Crippen LogP) is 3.34. The molecule has 4 bridgehead atoms. The van der Waals surface area contributed by atoms with Gasteiger partial charge in [-0.05, 0) is 45.3 Å². The molecule has 0 aliphatic carbocycles. The number of carbonyl (C=O) groups is 1. The third kappa shape index (κ3) is 4.45. The van der Waals surface area contributed by atoms with Crippen LogP contribution in [0.25, 0.3) is 0 Å². The van der Waals surface area contributed by atoms with Crippen LogP contribution in [-0.4, -0.2) is 44.1 Å². The van der Waals surface area contributed by atoms with Crippen LogP contribution < -0.4 is 0 Å². The first-order chi connectivity index (χ1) is 11.3. The van der Waals surface area contributed by atoms with Gasteiger partial charge in [0, 0.05) is 25.7 Å². The number of nitrogens with zero attached hydrogens (tertiary/aromatic N) is 1. The average Bonchev–Trinajstić information content (AvgIpc) is 3.00. The second-order valence-electron chi connectivity index (χ2n) is 8.59. The van der Waals surface area contributed by atoms with Gasteiger partial charge in [-0.25, -0.2) is 0 Å². The second kappa shape index (κ2) is 6.87. The van der Waals surface area contributed by atoms with Crippen molar-refractivity contribution in [1.29, 1.82) is 5.26 Å². The molecule has 134 valence electrons. The number of rotatable bonds is 2. The smallest absolute Gasteiger partial charge is 0.185 e. The minimum absolute atomic E-state index is 0.264. The SMILES string of the molecule is C[Si](C)(C)OC1(C#N)CC2CCC(C1)O2.O=C1CC2CCC(C1)O2. The lowest BCUT2D eigenvalue weighted by Crippen LogP contribution is -2.48. The molecular formula is C18H29NO4Si. The van der Waals surface area contributed by atoms with Gasteiger partial charge in [-0.15, -0.1) is 0 Å². The number of fused-ring (bicyclic) bond motifs is 4. The lowest BCUT2D eigenvalue weighted by molar-refractivity contribution is -0.129. The maximum absolute atomic E-state index is 10.8. The van der Waals surface area contributed by atoms with E-state index in [-0.39, 0.29) is 24.4 Å². The maximum atomic E-state index is 10.8. The minimum atomic E-state index is -1.65. The van der Waals surface area contributed by atoms with Crippen molar-refractivity contribution in [3.8, 4) is 6.07 Å². The van der Waals surface area contributed by atoms with Gasteiger partial charge in [0.15, 0.2) is 8.32 Å². The van der Waals surface area contributed by atoms with Crippen LogP contribution in [0.2, 0.25) is 19.6 Å². The number of ketones is 1. The average molecular weight is 352 g/mol. The molecule has 4 heterocycles. The highest BCUT2D eigenvalue weighted by molar-refractivity contribution is 6.69. The van der Waals surface area contributed by atoms with Crippen LogP contribution in [0.4, 0.5) is 0 Å². The minimum Gasteiger partial charge on any atom is -0.400 e. The molecule has 0 radical (unpaired) electrons. The number of hydrogen-bond donors (Lipinski definition) is 0. The molecule has 0 amide bonds. The van der Waals surface area contributed by atoms with Gasteiger partial charge in [-0.3, -0.25) is 4.79 Å². The van der Waals surface area contributed by atoms with Gasteiger partial charge in [0.25, 0.3) is 0 Å². The van der Waals surface area contributed by atoms with Crippen LogP contribution in [0.15, 0.2) is 0 Å². The number of nitriles is 1. The third-order valence-corrected chi connectivity index (χ3v) is 6.12. The fourth-order valence-corrected chi connectivity index (χ4v) is 5.74. The summed E-state index contributed by atoms with van der Waals surface area (Å²) in [6.45, 7) is 6.43. The molecule has 0 saturated carbocycles. The van der Waals surface area contributed by atoms with Crippen molar-refractivity contribution in [3.63, 3.8) is 0 Å². The standard InChI is InChI=1S/C11H19NO2Si.C7H10O2/c1-15(2,3)14-11(8-12)6-9-4-5-10(7-11)13-9;8-5-3-6-1-2-7(4-5)9-6/h9-10H,4-7H2,1-3H3;6-7H,1-4H2. The third-order valence-electron chi connectivity index (χ3n) is 5.12. The largest absolute Gasteiger partial charge is 0.400 e. The van der Waals surface area contributed by atoms with Crippen LogP contribution in [0, 0.1) is 11.3 Å². The van der Waals surface area contributed by atoms with Crippen molar-refractivity contribution in [1.82, 2.24) is 0 Å². The Hall–Kier alpha value is -0.743. The van der Waals surface area contributed by atoms with E-state index in [2.05, 4.69) is 25.7 Å². The molecule has 4 aliphatic heterocycles. The molecule has 4 aliphatic rings. The molecule has 24 heavy (non-hydrogen) atoms. The summed E-state index contributed by atoms with van der Waals surface area (Å²) < 4.78 is 17.3. The predicted molar refractivity (Wildman–Crippen MR) is 92.0 cm³/mol. The lowest BCUT2D eigenvalue weighted by atomic mass is 9.92. The molecule has 4 atom stereocenters. The second-order valence-corrected chi connectivity index (χ2v) is 13.0. The van der Waals surface area contributed by atoms with Crippen molar-refractivity contribution in [2.75, 3.05) is 0 Å². The molecule has 0 aromatic carbocycles. The highest BCUT2D eigenvalue weighted by Gasteiger charge is 2.47. The Balaban J connectivity index is 0.000000159. The Morgan fingerprint density at radius 1 is 1.00 bits per heavy atom. The van der Waals surface area contributed by atoms with Crippen LogP contribution in [0.5, 0.6) is 0 Å². The van der Waals surface area contributed by atoms with Crippen LogP contribution in [0.3, 0.4) is 0 Å². The van der Waals surface area contributed by atoms with Gasteiger partial charge in [0.1, 0.15) is 11.4 Å². The van der Waals surface area contributed by atoms with Crippen LogP contribution in [0.1, 0.15) is 51.4 Å². The molecule has 4 fully saturated rings. The van der Waals surface area contributed by atoms with E-state index >= 15 is 0 Å². The Morgan fingerprint density at radius 2 is 1.46 bits per heavy atom. The molecular weight excluding hydrogens is 322 g/mol. The van der Waals surface area contributed by atoms with Gasteiger partial charge in [-0.1, -0.05) is 0 Å². The van der Waals surface area contributed by atoms with Gasteiger partial charge < -0.3 is 13.9 Å². The first-order valence-corrected chi connectivity index (χ1v) is 12.6. The molecule has 0 aromatic rings. The summed E-state index contributed by atoms with van der Waals surface area (Å²) in [5, 5.41) is 9.36. The first-order valence-electron chi connectivity index (χ1n) is 9.21. The summed E-state index contributed by atoms with van der Waals surface area (Å²) in [6.07, 6.45) is 8.41. The Labute approximate surface area is 145 Å². The summed E-state index contributed by atoms with van der Waals surface area (Å²) in [4.78, 5) is 10.8. The zero-order valence-electron chi connectivity index (χ0n) is 15.0. The number of ether oxygens (including phenoxy) is 2. The van der Waals surface area contributed by atoms with E-state index in [1.807, 2.05) is 0 Å². The molecule has 4 rings (SSSR count). The van der Waals surface area contributed by atoms with Crippen molar-refractivity contribution >= 4 is 14.1 Å². The van der Waals surface area contributed by atoms with Crippen molar-refractivity contribution in [2.24, 2.45) is 0 Å². The van der Waals surface area contributed by atoms with Crippen LogP contribution in [-0.2, 0) is 18.7 Å². The monoisotopic (exact) mass is 351 g/mol. The molecule has 0 aromatic heterocycles. The van der Waals surface area contributed by atoms with E-state index < -0.39 is 13.9 Å². The molecule has 0 N–H and O–H groups in total. The zero-order valence-corrected chi connectivity index (χ0v) is 16.0. The lowest BCUT2D eigenvalue weighted by Gasteiger charge is -2.39. The maximum Gasteiger partial charge on any atom is 0.185 e. The van der Waals surface area contributed by atoms with Gasteiger partial charge in [-0.2, -0.15) is 5.26 Å². The molecule has 4 saturated heterocycles. The number of carbonyl (C=O) groups excluding carboxylic acids is 1. The van der Waals surface area contributed by atoms with Gasteiger partial charge >= 0.3 is 0 Å². The van der Waals surface area contributed by atoms with E-state index in [0.29, 0.717) is 18.6 Å². The molecule has 6 heteroatoms. The van der Waals surface area contributed by atoms with Crippen molar-refractivity contribution < 1.29 is 18.7 Å². The summed E-state index contributed by atoms with van der Waals surface area (Å²) in [5.74, 6) is 0.397. The fraction of sp³-hybridized carbons (Fsp3) is 0.889. The topological polar surface area (TPSA) is 68.5 Å². The molecule has 5 nitrogen and oxygen atoms in total. The molecule has 0 spiro atoms. The fourth-order valence-electron chi connectivity index (χ4n) is 4.35. The van der Waals surface area contributed by atoms with Crippen LogP contribution >= 0.6 is 0 Å².